The van der Waals surface area contributed by atoms with Gasteiger partial charge in [0.05, 0.1) is 15.7 Å². The van der Waals surface area contributed by atoms with E-state index in [-0.39, 0.29) is 12.4 Å². The lowest BCUT2D eigenvalue weighted by atomic mass is 10.2. The Morgan fingerprint density at radius 1 is 0.781 bits per heavy atom. The van der Waals surface area contributed by atoms with Gasteiger partial charge in [-0.3, -0.25) is 4.99 Å². The van der Waals surface area contributed by atoms with Crippen LogP contribution in [0.4, 0.5) is 10.1 Å². The highest BCUT2D eigenvalue weighted by Gasteiger charge is 2.10. The van der Waals surface area contributed by atoms with Crippen molar-refractivity contribution in [1.29, 1.82) is 0 Å². The second kappa shape index (κ2) is 10.3. The lowest BCUT2D eigenvalue weighted by Crippen LogP contribution is -1.98. The molecule has 6 heteroatoms. The molecule has 0 radical (unpaired) electrons. The van der Waals surface area contributed by atoms with E-state index in [1.54, 1.807) is 30.5 Å². The Morgan fingerprint density at radius 3 is 2.16 bits per heavy atom. The van der Waals surface area contributed by atoms with Gasteiger partial charge in [0, 0.05) is 6.21 Å². The predicted octanol–water partition coefficient (Wildman–Crippen LogP) is 8.25. The molecule has 0 spiro atoms. The van der Waals surface area contributed by atoms with Crippen LogP contribution >= 0.6 is 23.2 Å². The number of nitrogens with zero attached hydrogens (tertiary/aromatic N) is 1. The van der Waals surface area contributed by atoms with E-state index >= 15 is 0 Å². The minimum Gasteiger partial charge on any atom is -0.486 e. The monoisotopic (exact) mass is 465 g/mol. The summed E-state index contributed by atoms with van der Waals surface area (Å²) in [6, 6.07) is 26.6. The zero-order valence-electron chi connectivity index (χ0n) is 16.8. The summed E-state index contributed by atoms with van der Waals surface area (Å²) in [4.78, 5) is 4.46. The Morgan fingerprint density at radius 2 is 1.47 bits per heavy atom. The van der Waals surface area contributed by atoms with Gasteiger partial charge in [-0.2, -0.15) is 0 Å². The Balaban J connectivity index is 1.41. The summed E-state index contributed by atoms with van der Waals surface area (Å²) < 4.78 is 24.8. The standard InChI is InChI=1S/C26H18Cl2FNO2/c27-24-14-19(15-25(28)26(24)31-17-18-5-4-6-20(29)13-18)16-30-21-9-11-23(12-10-21)32-22-7-2-1-3-8-22/h1-16H,17H2. The van der Waals surface area contributed by atoms with Crippen molar-refractivity contribution in [2.24, 2.45) is 4.99 Å². The van der Waals surface area contributed by atoms with Crippen molar-refractivity contribution >= 4 is 35.1 Å². The third kappa shape index (κ3) is 5.88. The lowest BCUT2D eigenvalue weighted by Gasteiger charge is -2.11. The van der Waals surface area contributed by atoms with Gasteiger partial charge < -0.3 is 9.47 Å². The Labute approximate surface area is 195 Å². The fourth-order valence-corrected chi connectivity index (χ4v) is 3.56. The number of aliphatic imine (C=N–C) groups is 1. The van der Waals surface area contributed by atoms with Crippen LogP contribution in [-0.2, 0) is 6.61 Å². The third-order valence-corrected chi connectivity index (χ3v) is 5.03. The molecule has 4 aromatic rings. The van der Waals surface area contributed by atoms with Crippen LogP contribution in [0.15, 0.2) is 96.0 Å². The summed E-state index contributed by atoms with van der Waals surface area (Å²) in [5.74, 6) is 1.51. The average Bonchev–Trinajstić information content (AvgIpc) is 2.79. The van der Waals surface area contributed by atoms with Crippen LogP contribution in [0.1, 0.15) is 11.1 Å². The van der Waals surface area contributed by atoms with Gasteiger partial charge in [-0.25, -0.2) is 4.39 Å². The van der Waals surface area contributed by atoms with Gasteiger partial charge in [-0.05, 0) is 71.8 Å². The average molecular weight is 466 g/mol. The summed E-state index contributed by atoms with van der Waals surface area (Å²) >= 11 is 12.7. The van der Waals surface area contributed by atoms with Gasteiger partial charge in [0.25, 0.3) is 0 Å². The molecule has 0 aromatic heterocycles. The highest BCUT2D eigenvalue weighted by atomic mass is 35.5. The van der Waals surface area contributed by atoms with E-state index in [2.05, 4.69) is 4.99 Å². The van der Waals surface area contributed by atoms with Crippen LogP contribution in [0.2, 0.25) is 10.0 Å². The first-order valence-corrected chi connectivity index (χ1v) is 10.6. The summed E-state index contributed by atoms with van der Waals surface area (Å²) in [6.45, 7) is 0.155. The second-order valence-corrected chi connectivity index (χ2v) is 7.71. The molecule has 0 fully saturated rings. The van der Waals surface area contributed by atoms with Crippen molar-refractivity contribution < 1.29 is 13.9 Å². The van der Waals surface area contributed by atoms with Crippen molar-refractivity contribution in [3.8, 4) is 17.2 Å². The van der Waals surface area contributed by atoms with E-state index in [1.165, 1.54) is 12.1 Å². The zero-order valence-corrected chi connectivity index (χ0v) is 18.4. The molecule has 0 saturated carbocycles. The molecule has 32 heavy (non-hydrogen) atoms. The first kappa shape index (κ1) is 21.9. The van der Waals surface area contributed by atoms with E-state index in [0.717, 1.165) is 22.7 Å². The maximum Gasteiger partial charge on any atom is 0.157 e. The highest BCUT2D eigenvalue weighted by Crippen LogP contribution is 2.34. The Hall–Kier alpha value is -3.34. The van der Waals surface area contributed by atoms with Crippen molar-refractivity contribution in [2.75, 3.05) is 0 Å². The van der Waals surface area contributed by atoms with Crippen LogP contribution in [-0.4, -0.2) is 6.21 Å². The largest absolute Gasteiger partial charge is 0.486 e. The molecular formula is C26H18Cl2FNO2. The summed E-state index contributed by atoms with van der Waals surface area (Å²) in [6.07, 6.45) is 1.67. The number of benzene rings is 4. The van der Waals surface area contributed by atoms with Gasteiger partial charge >= 0.3 is 0 Å². The second-order valence-electron chi connectivity index (χ2n) is 6.90. The quantitative estimate of drug-likeness (QED) is 0.257. The number of hydrogen-bond acceptors (Lipinski definition) is 3. The Bertz CT molecular complexity index is 1210. The minimum absolute atomic E-state index is 0.155. The number of hydrogen-bond donors (Lipinski definition) is 0. The maximum atomic E-state index is 13.3. The molecule has 0 aliphatic heterocycles. The van der Waals surface area contributed by atoms with Crippen LogP contribution in [0, 0.1) is 5.82 Å². The van der Waals surface area contributed by atoms with E-state index in [9.17, 15) is 4.39 Å². The molecule has 0 amide bonds. The molecule has 0 N–H and O–H groups in total. The third-order valence-electron chi connectivity index (χ3n) is 4.47. The molecule has 0 atom stereocenters. The first-order valence-electron chi connectivity index (χ1n) is 9.80. The van der Waals surface area contributed by atoms with Crippen molar-refractivity contribution in [1.82, 2.24) is 0 Å². The summed E-state index contributed by atoms with van der Waals surface area (Å²) in [5, 5.41) is 0.698. The maximum absolute atomic E-state index is 13.3. The molecule has 160 valence electrons. The van der Waals surface area contributed by atoms with E-state index < -0.39 is 0 Å². The van der Waals surface area contributed by atoms with E-state index in [1.807, 2.05) is 54.6 Å². The zero-order chi connectivity index (χ0) is 22.3. The summed E-state index contributed by atoms with van der Waals surface area (Å²) in [7, 11) is 0. The van der Waals surface area contributed by atoms with Crippen LogP contribution in [0.3, 0.4) is 0 Å². The van der Waals surface area contributed by atoms with E-state index in [4.69, 9.17) is 32.7 Å². The van der Waals surface area contributed by atoms with Gasteiger partial charge in [-0.15, -0.1) is 0 Å². The lowest BCUT2D eigenvalue weighted by molar-refractivity contribution is 0.306. The van der Waals surface area contributed by atoms with Crippen molar-refractivity contribution in [2.45, 2.75) is 6.61 Å². The Kier molecular flexibility index (Phi) is 7.05. The molecule has 0 aliphatic carbocycles. The SMILES string of the molecule is Fc1cccc(COc2c(Cl)cc(C=Nc3ccc(Oc4ccccc4)cc3)cc2Cl)c1. The van der Waals surface area contributed by atoms with Gasteiger partial charge in [0.15, 0.2) is 5.75 Å². The van der Waals surface area contributed by atoms with Crippen molar-refractivity contribution in [3.63, 3.8) is 0 Å². The number of halogens is 3. The molecule has 0 heterocycles. The molecular weight excluding hydrogens is 448 g/mol. The smallest absolute Gasteiger partial charge is 0.157 e. The van der Waals surface area contributed by atoms with Crippen LogP contribution in [0.25, 0.3) is 0 Å². The number of ether oxygens (including phenoxy) is 2. The molecule has 4 aromatic carbocycles. The molecule has 3 nitrogen and oxygen atoms in total. The van der Waals surface area contributed by atoms with Gasteiger partial charge in [0.2, 0.25) is 0 Å². The molecule has 0 saturated heterocycles. The topological polar surface area (TPSA) is 30.8 Å². The fraction of sp³-hybridized carbons (Fsp3) is 0.0385. The van der Waals surface area contributed by atoms with Gasteiger partial charge in [-0.1, -0.05) is 53.5 Å². The predicted molar refractivity (Wildman–Crippen MR) is 127 cm³/mol. The molecule has 0 unspecified atom stereocenters. The molecule has 4 rings (SSSR count). The fourth-order valence-electron chi connectivity index (χ4n) is 2.95. The molecule has 0 bridgehead atoms. The summed E-state index contributed by atoms with van der Waals surface area (Å²) in [5.41, 5.74) is 2.16. The highest BCUT2D eigenvalue weighted by molar-refractivity contribution is 6.37. The van der Waals surface area contributed by atoms with Crippen LogP contribution in [0.5, 0.6) is 17.2 Å². The molecule has 0 aliphatic rings. The number of para-hydroxylation sites is 1. The normalized spacial score (nSPS) is 11.0. The number of rotatable bonds is 7. The first-order chi connectivity index (χ1) is 15.6. The van der Waals surface area contributed by atoms with Crippen LogP contribution < -0.4 is 9.47 Å². The van der Waals surface area contributed by atoms with E-state index in [0.29, 0.717) is 21.4 Å². The van der Waals surface area contributed by atoms with Crippen molar-refractivity contribution in [3.05, 3.63) is 118 Å². The minimum atomic E-state index is -0.325. The van der Waals surface area contributed by atoms with Gasteiger partial charge in [0.1, 0.15) is 23.9 Å².